The van der Waals surface area contributed by atoms with Crippen molar-refractivity contribution in [3.05, 3.63) is 47.0 Å². The van der Waals surface area contributed by atoms with Gasteiger partial charge in [-0.05, 0) is 62.0 Å². The van der Waals surface area contributed by atoms with Crippen molar-refractivity contribution in [3.63, 3.8) is 0 Å². The fourth-order valence-electron chi connectivity index (χ4n) is 3.53. The van der Waals surface area contributed by atoms with Crippen molar-refractivity contribution < 1.29 is 0 Å². The van der Waals surface area contributed by atoms with Crippen LogP contribution in [0.15, 0.2) is 35.9 Å². The smallest absolute Gasteiger partial charge is 0.0253 e. The maximum Gasteiger partial charge on any atom is 0.0253 e. The molecule has 2 atom stereocenters. The molecule has 19 heavy (non-hydrogen) atoms. The van der Waals surface area contributed by atoms with Gasteiger partial charge < -0.3 is 0 Å². The topological polar surface area (TPSA) is 38.0 Å². The minimum absolute atomic E-state index is 0.433. The molecule has 2 aliphatic rings. The van der Waals surface area contributed by atoms with E-state index in [9.17, 15) is 0 Å². The van der Waals surface area contributed by atoms with Crippen LogP contribution in [0, 0.1) is 0 Å². The standard InChI is InChI=1S/C17H24N2/c18-19-16(10-13-6-2-1-3-7-13)12-15-11-14-8-4-5-9-17(14)15/h4-6,8-9,15-16,19H,1-3,7,10-12,18H2. The first kappa shape index (κ1) is 12.9. The molecular weight excluding hydrogens is 232 g/mol. The Kier molecular flexibility index (Phi) is 4.00. The van der Waals surface area contributed by atoms with Crippen molar-refractivity contribution >= 4 is 0 Å². The summed E-state index contributed by atoms with van der Waals surface area (Å²) in [5, 5.41) is 0. The van der Waals surface area contributed by atoms with E-state index in [1.807, 2.05) is 0 Å². The Hall–Kier alpha value is -1.12. The number of fused-ring (bicyclic) bond motifs is 1. The predicted molar refractivity (Wildman–Crippen MR) is 79.8 cm³/mol. The van der Waals surface area contributed by atoms with Gasteiger partial charge in [0, 0.05) is 6.04 Å². The van der Waals surface area contributed by atoms with Crippen molar-refractivity contribution in [1.82, 2.24) is 5.43 Å². The molecule has 0 saturated carbocycles. The van der Waals surface area contributed by atoms with Gasteiger partial charge in [-0.15, -0.1) is 0 Å². The summed E-state index contributed by atoms with van der Waals surface area (Å²) in [6.45, 7) is 0. The van der Waals surface area contributed by atoms with Gasteiger partial charge in [0.15, 0.2) is 0 Å². The molecule has 0 radical (unpaired) electrons. The van der Waals surface area contributed by atoms with E-state index in [1.165, 1.54) is 44.1 Å². The fraction of sp³-hybridized carbons (Fsp3) is 0.529. The zero-order valence-corrected chi connectivity index (χ0v) is 11.6. The monoisotopic (exact) mass is 256 g/mol. The molecule has 2 unspecified atom stereocenters. The average molecular weight is 256 g/mol. The molecule has 102 valence electrons. The van der Waals surface area contributed by atoms with Gasteiger partial charge >= 0.3 is 0 Å². The SMILES string of the molecule is NNC(CC1=CCCCC1)CC1Cc2ccccc21. The quantitative estimate of drug-likeness (QED) is 0.481. The Morgan fingerprint density at radius 1 is 1.26 bits per heavy atom. The zero-order valence-electron chi connectivity index (χ0n) is 11.6. The maximum atomic E-state index is 5.76. The second-order valence-electron chi connectivity index (χ2n) is 6.01. The molecular formula is C17H24N2. The van der Waals surface area contributed by atoms with Crippen LogP contribution in [-0.4, -0.2) is 6.04 Å². The van der Waals surface area contributed by atoms with Gasteiger partial charge in [-0.2, -0.15) is 0 Å². The average Bonchev–Trinajstić information content (AvgIpc) is 2.44. The Morgan fingerprint density at radius 2 is 2.16 bits per heavy atom. The van der Waals surface area contributed by atoms with Crippen LogP contribution in [-0.2, 0) is 6.42 Å². The van der Waals surface area contributed by atoms with Gasteiger partial charge in [0.1, 0.15) is 0 Å². The van der Waals surface area contributed by atoms with Gasteiger partial charge in [-0.1, -0.05) is 35.9 Å². The molecule has 2 nitrogen and oxygen atoms in total. The first-order valence-electron chi connectivity index (χ1n) is 7.58. The first-order valence-corrected chi connectivity index (χ1v) is 7.58. The third-order valence-electron chi connectivity index (χ3n) is 4.66. The Bertz CT molecular complexity index is 464. The lowest BCUT2D eigenvalue weighted by Crippen LogP contribution is -2.38. The molecule has 0 heterocycles. The predicted octanol–water partition coefficient (Wildman–Crippen LogP) is 3.44. The van der Waals surface area contributed by atoms with Gasteiger partial charge in [0.2, 0.25) is 0 Å². The molecule has 0 spiro atoms. The van der Waals surface area contributed by atoms with Crippen molar-refractivity contribution in [1.29, 1.82) is 0 Å². The summed E-state index contributed by atoms with van der Waals surface area (Å²) < 4.78 is 0. The van der Waals surface area contributed by atoms with Crippen molar-refractivity contribution in [2.75, 3.05) is 0 Å². The highest BCUT2D eigenvalue weighted by atomic mass is 15.2. The minimum Gasteiger partial charge on any atom is -0.271 e. The minimum atomic E-state index is 0.433. The van der Waals surface area contributed by atoms with E-state index in [0.717, 1.165) is 6.42 Å². The second kappa shape index (κ2) is 5.89. The van der Waals surface area contributed by atoms with Crippen LogP contribution in [0.25, 0.3) is 0 Å². The maximum absolute atomic E-state index is 5.76. The Morgan fingerprint density at radius 3 is 2.89 bits per heavy atom. The number of allylic oxidation sites excluding steroid dienone is 1. The van der Waals surface area contributed by atoms with Gasteiger partial charge in [0.25, 0.3) is 0 Å². The van der Waals surface area contributed by atoms with E-state index in [1.54, 1.807) is 11.1 Å². The number of nitrogens with two attached hydrogens (primary N) is 1. The number of hydrogen-bond donors (Lipinski definition) is 2. The normalized spacial score (nSPS) is 23.2. The van der Waals surface area contributed by atoms with Crippen molar-refractivity contribution in [2.45, 2.75) is 56.9 Å². The number of nitrogens with one attached hydrogen (secondary N) is 1. The number of hydrogen-bond acceptors (Lipinski definition) is 2. The molecule has 0 bridgehead atoms. The lowest BCUT2D eigenvalue weighted by Gasteiger charge is -2.33. The van der Waals surface area contributed by atoms with Crippen LogP contribution >= 0.6 is 0 Å². The first-order chi connectivity index (χ1) is 9.36. The molecule has 3 rings (SSSR count). The van der Waals surface area contributed by atoms with E-state index in [0.29, 0.717) is 12.0 Å². The van der Waals surface area contributed by atoms with Crippen LogP contribution in [0.2, 0.25) is 0 Å². The molecule has 0 fully saturated rings. The molecule has 0 saturated heterocycles. The zero-order chi connectivity index (χ0) is 13.1. The van der Waals surface area contributed by atoms with Crippen LogP contribution in [0.1, 0.15) is 55.6 Å². The van der Waals surface area contributed by atoms with Gasteiger partial charge in [-0.25, -0.2) is 0 Å². The molecule has 2 aliphatic carbocycles. The third-order valence-corrected chi connectivity index (χ3v) is 4.66. The van der Waals surface area contributed by atoms with Crippen LogP contribution in [0.4, 0.5) is 0 Å². The summed E-state index contributed by atoms with van der Waals surface area (Å²) in [6.07, 6.45) is 11.2. The summed E-state index contributed by atoms with van der Waals surface area (Å²) in [6, 6.07) is 9.25. The van der Waals surface area contributed by atoms with E-state index in [2.05, 4.69) is 35.8 Å². The second-order valence-corrected chi connectivity index (χ2v) is 6.01. The molecule has 0 aliphatic heterocycles. The number of hydrazine groups is 1. The molecule has 1 aromatic carbocycles. The van der Waals surface area contributed by atoms with E-state index in [4.69, 9.17) is 5.84 Å². The summed E-state index contributed by atoms with van der Waals surface area (Å²) in [4.78, 5) is 0. The highest BCUT2D eigenvalue weighted by Gasteiger charge is 2.28. The fourth-order valence-corrected chi connectivity index (χ4v) is 3.53. The lowest BCUT2D eigenvalue weighted by atomic mass is 9.74. The summed E-state index contributed by atoms with van der Waals surface area (Å²) in [7, 11) is 0. The highest BCUT2D eigenvalue weighted by molar-refractivity contribution is 5.40. The van der Waals surface area contributed by atoms with E-state index < -0.39 is 0 Å². The van der Waals surface area contributed by atoms with Crippen molar-refractivity contribution in [2.24, 2.45) is 5.84 Å². The molecule has 3 N–H and O–H groups in total. The van der Waals surface area contributed by atoms with Crippen LogP contribution < -0.4 is 11.3 Å². The summed E-state index contributed by atoms with van der Waals surface area (Å²) in [5.74, 6) is 6.47. The number of benzene rings is 1. The van der Waals surface area contributed by atoms with Crippen LogP contribution in [0.3, 0.4) is 0 Å². The van der Waals surface area contributed by atoms with E-state index >= 15 is 0 Å². The van der Waals surface area contributed by atoms with Crippen molar-refractivity contribution in [3.8, 4) is 0 Å². The molecule has 2 heteroatoms. The summed E-state index contributed by atoms with van der Waals surface area (Å²) >= 11 is 0. The number of rotatable bonds is 5. The third kappa shape index (κ3) is 2.90. The largest absolute Gasteiger partial charge is 0.271 e. The van der Waals surface area contributed by atoms with Crippen LogP contribution in [0.5, 0.6) is 0 Å². The molecule has 1 aromatic rings. The Balaban J connectivity index is 1.58. The Labute approximate surface area is 116 Å². The lowest BCUT2D eigenvalue weighted by molar-refractivity contribution is 0.415. The molecule has 0 amide bonds. The molecule has 0 aromatic heterocycles. The highest BCUT2D eigenvalue weighted by Crippen LogP contribution is 2.38. The van der Waals surface area contributed by atoms with E-state index in [-0.39, 0.29) is 0 Å². The summed E-state index contributed by atoms with van der Waals surface area (Å²) in [5.41, 5.74) is 7.72. The van der Waals surface area contributed by atoms with Gasteiger partial charge in [0.05, 0.1) is 0 Å². The van der Waals surface area contributed by atoms with Gasteiger partial charge in [-0.3, -0.25) is 11.3 Å².